The number of methoxy groups -OCH3 is 1. The normalized spacial score (nSPS) is 13.7. The number of hydrogen-bond acceptors (Lipinski definition) is 2. The molecule has 0 amide bonds. The van der Waals surface area contributed by atoms with Gasteiger partial charge in [-0.2, -0.15) is 0 Å². The summed E-state index contributed by atoms with van der Waals surface area (Å²) in [6, 6.07) is 15.0. The molecule has 0 bridgehead atoms. The maximum atomic E-state index is 9.93. The van der Waals surface area contributed by atoms with Crippen LogP contribution in [0.1, 0.15) is 0 Å². The second-order valence-electron chi connectivity index (χ2n) is 4.28. The Hall–Kier alpha value is -1.94. The molecule has 0 saturated heterocycles. The van der Waals surface area contributed by atoms with Crippen molar-refractivity contribution in [2.24, 2.45) is 0 Å². The minimum atomic E-state index is -11.2. The molecular formula is C13H11F6N2OSb. The standard InChI is InChI=1S/C13H11N2O.6FH.Sb/c1-16-13-9-5-3-7-11(13)10-6-2-4-8-12(10)15-14;;;;;;;/h2-9H,1H3;6*1H;/q+1;;;;;;;+5/p-6. The number of benzene rings is 2. The molecule has 2 aromatic rings. The van der Waals surface area contributed by atoms with E-state index in [1.807, 2.05) is 42.5 Å². The van der Waals surface area contributed by atoms with Gasteiger partial charge in [-0.05, 0) is 12.1 Å². The SMILES string of the molecule is COc1ccccc1-c1ccccc1[N+]#N.[F][Sb-]([F])([F])([F])([F])[F]. The molecular weight excluding hydrogens is 436 g/mol. The van der Waals surface area contributed by atoms with Gasteiger partial charge in [0.1, 0.15) is 5.75 Å². The van der Waals surface area contributed by atoms with Gasteiger partial charge in [0.25, 0.3) is 0 Å². The summed E-state index contributed by atoms with van der Waals surface area (Å²) in [4.78, 5) is 3.27. The molecule has 0 radical (unpaired) electrons. The van der Waals surface area contributed by atoms with E-state index in [2.05, 4.69) is 4.98 Å². The molecule has 126 valence electrons. The van der Waals surface area contributed by atoms with Gasteiger partial charge in [0.2, 0.25) is 5.39 Å². The molecule has 2 aromatic carbocycles. The van der Waals surface area contributed by atoms with Crippen LogP contribution in [0.5, 0.6) is 5.75 Å². The number of ether oxygens (including phenoxy) is 1. The molecule has 0 aliphatic heterocycles. The molecule has 0 saturated carbocycles. The van der Waals surface area contributed by atoms with E-state index in [4.69, 9.17) is 10.1 Å². The van der Waals surface area contributed by atoms with Gasteiger partial charge < -0.3 is 4.74 Å². The van der Waals surface area contributed by atoms with Crippen molar-refractivity contribution < 1.29 is 21.6 Å². The van der Waals surface area contributed by atoms with Crippen molar-refractivity contribution in [1.82, 2.24) is 0 Å². The molecule has 2 rings (SSSR count). The van der Waals surface area contributed by atoms with Crippen molar-refractivity contribution in [3.8, 4) is 16.9 Å². The Balaban J connectivity index is 0.000000322. The summed E-state index contributed by atoms with van der Waals surface area (Å²) in [6.45, 7) is 0. The van der Waals surface area contributed by atoms with E-state index in [9.17, 15) is 16.9 Å². The van der Waals surface area contributed by atoms with Gasteiger partial charge in [0.05, 0.1) is 12.7 Å². The Morgan fingerprint density at radius 1 is 0.826 bits per heavy atom. The molecule has 0 heterocycles. The molecule has 0 N–H and O–H groups in total. The molecule has 0 atom stereocenters. The van der Waals surface area contributed by atoms with Crippen LogP contribution in [0.4, 0.5) is 22.6 Å². The topological polar surface area (TPSA) is 37.4 Å². The van der Waals surface area contributed by atoms with Gasteiger partial charge in [-0.1, -0.05) is 30.3 Å². The first-order chi connectivity index (χ1) is 10.3. The number of halogens is 6. The number of para-hydroxylation sites is 1. The van der Waals surface area contributed by atoms with Gasteiger partial charge in [-0.25, -0.2) is 0 Å². The van der Waals surface area contributed by atoms with Crippen molar-refractivity contribution >= 4 is 25.2 Å². The second kappa shape index (κ2) is 5.93. The van der Waals surface area contributed by atoms with E-state index in [1.165, 1.54) is 0 Å². The number of nitrogens with zero attached hydrogens (tertiary/aromatic N) is 2. The van der Waals surface area contributed by atoms with Gasteiger partial charge in [0, 0.05) is 11.6 Å². The summed E-state index contributed by atoms with van der Waals surface area (Å²) in [6.07, 6.45) is 0. The van der Waals surface area contributed by atoms with E-state index >= 15 is 0 Å². The van der Waals surface area contributed by atoms with Crippen molar-refractivity contribution in [3.63, 3.8) is 0 Å². The molecule has 0 unspecified atom stereocenters. The summed E-state index contributed by atoms with van der Waals surface area (Å²) >= 11 is -11.2. The summed E-state index contributed by atoms with van der Waals surface area (Å²) in [5.74, 6) is 0.763. The third-order valence-electron chi connectivity index (χ3n) is 2.41. The van der Waals surface area contributed by atoms with E-state index in [-0.39, 0.29) is 0 Å². The van der Waals surface area contributed by atoms with Crippen LogP contribution in [0, 0.1) is 5.39 Å². The number of hydrogen-bond donors (Lipinski definition) is 0. The first-order valence-electron chi connectivity index (χ1n) is 5.95. The van der Waals surface area contributed by atoms with Crippen LogP contribution in [0.25, 0.3) is 16.1 Å². The second-order valence-corrected chi connectivity index (χ2v) is 9.75. The summed E-state index contributed by atoms with van der Waals surface area (Å²) < 4.78 is 64.8. The van der Waals surface area contributed by atoms with Crippen molar-refractivity contribution in [2.45, 2.75) is 0 Å². The summed E-state index contributed by atoms with van der Waals surface area (Å²) in [5.41, 5.74) is 2.30. The first kappa shape index (κ1) is 19.1. The molecule has 3 nitrogen and oxygen atoms in total. The van der Waals surface area contributed by atoms with Crippen LogP contribution >= 0.6 is 0 Å². The van der Waals surface area contributed by atoms with E-state index < -0.39 is 19.5 Å². The van der Waals surface area contributed by atoms with Crippen molar-refractivity contribution in [3.05, 3.63) is 53.5 Å². The van der Waals surface area contributed by atoms with Crippen LogP contribution in [-0.2, 0) is 0 Å². The molecule has 0 fully saturated rings. The van der Waals surface area contributed by atoms with Crippen LogP contribution in [0.3, 0.4) is 0 Å². The van der Waals surface area contributed by atoms with E-state index in [1.54, 1.807) is 13.2 Å². The Morgan fingerprint density at radius 2 is 1.26 bits per heavy atom. The predicted octanol–water partition coefficient (Wildman–Crippen LogP) is 5.99. The number of rotatable bonds is 2. The monoisotopic (exact) mass is 446 g/mol. The van der Waals surface area contributed by atoms with Crippen LogP contribution < -0.4 is 4.74 Å². The molecule has 0 aliphatic rings. The van der Waals surface area contributed by atoms with Gasteiger partial charge in [-0.3, -0.25) is 0 Å². The average molecular weight is 447 g/mol. The zero-order valence-electron chi connectivity index (χ0n) is 11.6. The molecule has 0 aromatic heterocycles. The maximum absolute atomic E-state index is 11.2. The molecule has 10 heteroatoms. The number of diazo groups is 1. The molecule has 0 spiro atoms. The van der Waals surface area contributed by atoms with Gasteiger partial charge in [0.15, 0.2) is 4.98 Å². The van der Waals surface area contributed by atoms with Crippen LogP contribution in [-0.4, -0.2) is 26.6 Å². The van der Waals surface area contributed by atoms with E-state index in [0.717, 1.165) is 16.9 Å². The van der Waals surface area contributed by atoms with Crippen LogP contribution in [0.2, 0.25) is 0 Å². The van der Waals surface area contributed by atoms with Gasteiger partial charge in [-0.15, -0.1) is 0 Å². The Kier molecular flexibility index (Phi) is 4.92. The van der Waals surface area contributed by atoms with Gasteiger partial charge >= 0.3 is 42.0 Å². The van der Waals surface area contributed by atoms with E-state index in [0.29, 0.717) is 5.69 Å². The average Bonchev–Trinajstić information content (AvgIpc) is 2.44. The predicted molar refractivity (Wildman–Crippen MR) is 75.6 cm³/mol. The fourth-order valence-electron chi connectivity index (χ4n) is 1.66. The van der Waals surface area contributed by atoms with Crippen molar-refractivity contribution in [2.75, 3.05) is 7.11 Å². The Bertz CT molecular complexity index is 728. The first-order valence-corrected chi connectivity index (χ1v) is 11.7. The minimum absolute atomic E-state index is 0.534. The third kappa shape index (κ3) is 8.31. The van der Waals surface area contributed by atoms with Crippen molar-refractivity contribution in [1.29, 1.82) is 5.39 Å². The Morgan fingerprint density at radius 3 is 1.74 bits per heavy atom. The zero-order valence-corrected chi connectivity index (χ0v) is 14.2. The molecule has 0 aliphatic carbocycles. The molecule has 23 heavy (non-hydrogen) atoms. The van der Waals surface area contributed by atoms with Crippen LogP contribution in [0.15, 0.2) is 48.5 Å². The quantitative estimate of drug-likeness (QED) is 0.323. The fraction of sp³-hybridized carbons (Fsp3) is 0.0769. The fourth-order valence-corrected chi connectivity index (χ4v) is 1.66. The zero-order chi connectivity index (χ0) is 17.8. The Labute approximate surface area is 130 Å². The summed E-state index contributed by atoms with van der Waals surface area (Å²) in [5, 5.41) is 8.93. The summed E-state index contributed by atoms with van der Waals surface area (Å²) in [7, 11) is 1.62. The third-order valence-corrected chi connectivity index (χ3v) is 2.41.